The average molecular weight is 330 g/mol. The number of rotatable bonds is 4. The molecule has 0 saturated carbocycles. The van der Waals surface area contributed by atoms with Crippen molar-refractivity contribution in [3.63, 3.8) is 0 Å². The molecule has 0 aliphatic carbocycles. The predicted molar refractivity (Wildman–Crippen MR) is 83.9 cm³/mol. The highest BCUT2D eigenvalue weighted by Crippen LogP contribution is 2.14. The molecule has 0 unspecified atom stereocenters. The van der Waals surface area contributed by atoms with Crippen molar-refractivity contribution in [3.05, 3.63) is 29.8 Å². The van der Waals surface area contributed by atoms with E-state index in [4.69, 9.17) is 12.2 Å². The summed E-state index contributed by atoms with van der Waals surface area (Å²) in [6.07, 6.45) is 0. The van der Waals surface area contributed by atoms with Crippen molar-refractivity contribution in [1.82, 2.24) is 20.5 Å². The summed E-state index contributed by atoms with van der Waals surface area (Å²) >= 11 is 4.78. The molecule has 9 heteroatoms. The van der Waals surface area contributed by atoms with E-state index in [1.807, 2.05) is 6.92 Å². The van der Waals surface area contributed by atoms with Crippen LogP contribution in [0.4, 0.5) is 0 Å². The first-order valence-electron chi connectivity index (χ1n) is 6.07. The van der Waals surface area contributed by atoms with Crippen LogP contribution in [0.25, 0.3) is 0 Å². The Morgan fingerprint density at radius 2 is 1.81 bits per heavy atom. The SMILES string of the molecule is CNC(=S)NNC(=O)CN(C)S(=O)(=O)c1ccc(C)cc1. The third-order valence-electron chi connectivity index (χ3n) is 2.64. The molecule has 0 fully saturated rings. The lowest BCUT2D eigenvalue weighted by atomic mass is 10.2. The molecule has 0 saturated heterocycles. The zero-order chi connectivity index (χ0) is 16.0. The van der Waals surface area contributed by atoms with Crippen molar-refractivity contribution in [3.8, 4) is 0 Å². The molecule has 21 heavy (non-hydrogen) atoms. The Bertz CT molecular complexity index is 614. The number of amides is 1. The van der Waals surface area contributed by atoms with E-state index in [-0.39, 0.29) is 16.6 Å². The lowest BCUT2D eigenvalue weighted by molar-refractivity contribution is -0.121. The quantitative estimate of drug-likeness (QED) is 0.521. The minimum atomic E-state index is -3.70. The van der Waals surface area contributed by atoms with Gasteiger partial charge < -0.3 is 5.32 Å². The van der Waals surface area contributed by atoms with Gasteiger partial charge in [0.25, 0.3) is 5.91 Å². The van der Waals surface area contributed by atoms with Gasteiger partial charge in [0.15, 0.2) is 5.11 Å². The van der Waals surface area contributed by atoms with E-state index in [2.05, 4.69) is 16.2 Å². The Kier molecular flexibility index (Phi) is 6.06. The van der Waals surface area contributed by atoms with Gasteiger partial charge in [-0.2, -0.15) is 4.31 Å². The molecular formula is C12H18N4O3S2. The van der Waals surface area contributed by atoms with Crippen LogP contribution >= 0.6 is 12.2 Å². The van der Waals surface area contributed by atoms with Crippen molar-refractivity contribution in [2.24, 2.45) is 0 Å². The van der Waals surface area contributed by atoms with Crippen molar-refractivity contribution >= 4 is 33.3 Å². The summed E-state index contributed by atoms with van der Waals surface area (Å²) in [7, 11) is -0.768. The summed E-state index contributed by atoms with van der Waals surface area (Å²) < 4.78 is 25.5. The summed E-state index contributed by atoms with van der Waals surface area (Å²) in [6, 6.07) is 6.42. The highest BCUT2D eigenvalue weighted by atomic mass is 32.2. The van der Waals surface area contributed by atoms with Gasteiger partial charge in [-0.1, -0.05) is 17.7 Å². The normalized spacial score (nSPS) is 11.0. The number of carbonyl (C=O) groups excluding carboxylic acids is 1. The zero-order valence-electron chi connectivity index (χ0n) is 12.0. The van der Waals surface area contributed by atoms with Crippen LogP contribution < -0.4 is 16.2 Å². The maximum atomic E-state index is 12.3. The molecule has 0 aliphatic heterocycles. The van der Waals surface area contributed by atoms with E-state index in [9.17, 15) is 13.2 Å². The predicted octanol–water partition coefficient (Wildman–Crippen LogP) is -0.259. The maximum absolute atomic E-state index is 12.3. The lowest BCUT2D eigenvalue weighted by Crippen LogP contribution is -2.49. The summed E-state index contributed by atoms with van der Waals surface area (Å²) in [5, 5.41) is 2.84. The number of benzene rings is 1. The molecule has 1 aromatic carbocycles. The molecular weight excluding hydrogens is 312 g/mol. The number of nitrogens with zero attached hydrogens (tertiary/aromatic N) is 1. The standard InChI is InChI=1S/C12H18N4O3S2/c1-9-4-6-10(7-5-9)21(18,19)16(3)8-11(17)14-15-12(20)13-2/h4-7H,8H2,1-3H3,(H,14,17)(H2,13,15,20). The highest BCUT2D eigenvalue weighted by molar-refractivity contribution is 7.89. The van der Waals surface area contributed by atoms with Crippen molar-refractivity contribution in [2.45, 2.75) is 11.8 Å². The van der Waals surface area contributed by atoms with Crippen molar-refractivity contribution in [1.29, 1.82) is 0 Å². The molecule has 7 nitrogen and oxygen atoms in total. The van der Waals surface area contributed by atoms with E-state index in [1.54, 1.807) is 19.2 Å². The maximum Gasteiger partial charge on any atom is 0.253 e. The second-order valence-corrected chi connectivity index (χ2v) is 6.78. The van der Waals surface area contributed by atoms with E-state index < -0.39 is 15.9 Å². The van der Waals surface area contributed by atoms with Crippen LogP contribution in [0.15, 0.2) is 29.2 Å². The van der Waals surface area contributed by atoms with Gasteiger partial charge in [0.05, 0.1) is 11.4 Å². The molecule has 0 bridgehead atoms. The molecule has 116 valence electrons. The van der Waals surface area contributed by atoms with Gasteiger partial charge >= 0.3 is 0 Å². The number of hydrogen-bond acceptors (Lipinski definition) is 4. The molecule has 1 rings (SSSR count). The number of likely N-dealkylation sites (N-methyl/N-ethyl adjacent to an activating group) is 1. The molecule has 0 spiro atoms. The third-order valence-corrected chi connectivity index (χ3v) is 4.76. The second kappa shape index (κ2) is 7.34. The molecule has 0 aliphatic rings. The topological polar surface area (TPSA) is 90.5 Å². The van der Waals surface area contributed by atoms with Crippen molar-refractivity contribution in [2.75, 3.05) is 20.6 Å². The smallest absolute Gasteiger partial charge is 0.253 e. The van der Waals surface area contributed by atoms with Crippen molar-refractivity contribution < 1.29 is 13.2 Å². The van der Waals surface area contributed by atoms with E-state index in [0.29, 0.717) is 0 Å². The van der Waals surface area contributed by atoms with Crippen LogP contribution in [0.3, 0.4) is 0 Å². The lowest BCUT2D eigenvalue weighted by Gasteiger charge is -2.17. The van der Waals surface area contributed by atoms with Gasteiger partial charge in [0.2, 0.25) is 10.0 Å². The summed E-state index contributed by atoms with van der Waals surface area (Å²) in [5.74, 6) is -0.522. The Morgan fingerprint density at radius 3 is 2.33 bits per heavy atom. The molecule has 1 aromatic rings. The second-order valence-electron chi connectivity index (χ2n) is 4.33. The monoisotopic (exact) mass is 330 g/mol. The van der Waals surface area contributed by atoms with Gasteiger partial charge in [-0.3, -0.25) is 15.6 Å². The highest BCUT2D eigenvalue weighted by Gasteiger charge is 2.22. The first kappa shape index (κ1) is 17.3. The molecule has 0 atom stereocenters. The average Bonchev–Trinajstić information content (AvgIpc) is 2.45. The van der Waals surface area contributed by atoms with E-state index in [0.717, 1.165) is 9.87 Å². The van der Waals surface area contributed by atoms with Crippen LogP contribution in [0.5, 0.6) is 0 Å². The van der Waals surface area contributed by atoms with Crippen LogP contribution in [-0.4, -0.2) is 44.4 Å². The fraction of sp³-hybridized carbons (Fsp3) is 0.333. The Labute approximate surface area is 129 Å². The minimum absolute atomic E-state index is 0.141. The summed E-state index contributed by atoms with van der Waals surface area (Å²) in [4.78, 5) is 11.8. The number of aryl methyl sites for hydroxylation is 1. The minimum Gasteiger partial charge on any atom is -0.364 e. The van der Waals surface area contributed by atoms with Gasteiger partial charge in [-0.25, -0.2) is 8.42 Å². The fourth-order valence-corrected chi connectivity index (χ4v) is 2.58. The first-order chi connectivity index (χ1) is 9.77. The first-order valence-corrected chi connectivity index (χ1v) is 7.91. The molecule has 0 radical (unpaired) electrons. The number of carbonyl (C=O) groups is 1. The summed E-state index contributed by atoms with van der Waals surface area (Å²) in [6.45, 7) is 1.54. The van der Waals surface area contributed by atoms with Crippen LogP contribution in [0.1, 0.15) is 5.56 Å². The zero-order valence-corrected chi connectivity index (χ0v) is 13.6. The number of sulfonamides is 1. The van der Waals surface area contributed by atoms with Crippen LogP contribution in [0.2, 0.25) is 0 Å². The number of thiocarbonyl (C=S) groups is 1. The third kappa shape index (κ3) is 4.96. The fourth-order valence-electron chi connectivity index (χ4n) is 1.41. The largest absolute Gasteiger partial charge is 0.364 e. The van der Waals surface area contributed by atoms with Gasteiger partial charge in [-0.15, -0.1) is 0 Å². The summed E-state index contributed by atoms with van der Waals surface area (Å²) in [5.41, 5.74) is 5.69. The van der Waals surface area contributed by atoms with E-state index in [1.165, 1.54) is 19.2 Å². The van der Waals surface area contributed by atoms with E-state index >= 15 is 0 Å². The molecule has 3 N–H and O–H groups in total. The Morgan fingerprint density at radius 1 is 1.24 bits per heavy atom. The molecule has 0 aromatic heterocycles. The van der Waals surface area contributed by atoms with Gasteiger partial charge in [0, 0.05) is 14.1 Å². The van der Waals surface area contributed by atoms with Crippen LogP contribution in [0, 0.1) is 6.92 Å². The van der Waals surface area contributed by atoms with Crippen LogP contribution in [-0.2, 0) is 14.8 Å². The Hall–Kier alpha value is -1.71. The Balaban J connectivity index is 2.69. The molecule has 0 heterocycles. The number of hydrogen-bond donors (Lipinski definition) is 3. The number of hydrazine groups is 1. The molecule has 1 amide bonds. The number of nitrogens with one attached hydrogen (secondary N) is 3. The van der Waals surface area contributed by atoms with Gasteiger partial charge in [0.1, 0.15) is 0 Å². The van der Waals surface area contributed by atoms with Gasteiger partial charge in [-0.05, 0) is 31.3 Å².